The second-order valence-electron chi connectivity index (χ2n) is 9.02. The number of methoxy groups -OCH3 is 1. The van der Waals surface area contributed by atoms with Gasteiger partial charge in [0, 0.05) is 5.56 Å². The number of halogens is 1. The highest BCUT2D eigenvalue weighted by Crippen LogP contribution is 2.44. The summed E-state index contributed by atoms with van der Waals surface area (Å²) < 4.78 is 25.2. The second-order valence-corrected chi connectivity index (χ2v) is 10.0. The number of carbonyl (C=O) groups is 3. The molecule has 0 saturated carbocycles. The van der Waals surface area contributed by atoms with Gasteiger partial charge in [-0.25, -0.2) is 14.2 Å². The molecule has 4 aromatic rings. The van der Waals surface area contributed by atoms with Gasteiger partial charge in [0.15, 0.2) is 5.13 Å². The van der Waals surface area contributed by atoms with Crippen molar-refractivity contribution in [2.75, 3.05) is 12.0 Å². The number of hydrogen-bond donors (Lipinski definition) is 1. The first-order valence-corrected chi connectivity index (χ1v) is 13.0. The summed E-state index contributed by atoms with van der Waals surface area (Å²) in [5, 5.41) is 11.4. The number of nitrogens with zero attached hydrogens (tertiary/aromatic N) is 2. The van der Waals surface area contributed by atoms with Crippen LogP contribution in [-0.2, 0) is 14.3 Å². The number of aliphatic hydroxyl groups is 1. The average molecular weight is 559 g/mol. The van der Waals surface area contributed by atoms with E-state index in [-0.39, 0.29) is 21.1 Å². The number of aromatic nitrogens is 1. The van der Waals surface area contributed by atoms with Crippen molar-refractivity contribution in [2.24, 2.45) is 0 Å². The van der Waals surface area contributed by atoms with Crippen LogP contribution in [0.3, 0.4) is 0 Å². The Morgan fingerprint density at radius 2 is 1.73 bits per heavy atom. The summed E-state index contributed by atoms with van der Waals surface area (Å²) in [6, 6.07) is 18.6. The first-order chi connectivity index (χ1) is 19.2. The molecule has 1 saturated heterocycles. The van der Waals surface area contributed by atoms with Gasteiger partial charge >= 0.3 is 11.9 Å². The highest BCUT2D eigenvalue weighted by Gasteiger charge is 2.48. The third-order valence-corrected chi connectivity index (χ3v) is 7.54. The molecule has 1 aliphatic rings. The summed E-state index contributed by atoms with van der Waals surface area (Å²) in [7, 11) is 1.23. The molecule has 1 aliphatic heterocycles. The summed E-state index contributed by atoms with van der Waals surface area (Å²) in [6.45, 7) is 3.15. The molecule has 1 aromatic heterocycles. The quantitative estimate of drug-likeness (QED) is 0.132. The van der Waals surface area contributed by atoms with Crippen LogP contribution in [0.1, 0.15) is 38.1 Å². The van der Waals surface area contributed by atoms with Crippen molar-refractivity contribution in [2.45, 2.75) is 19.9 Å². The Balaban J connectivity index is 1.69. The molecule has 8 nitrogen and oxygen atoms in total. The van der Waals surface area contributed by atoms with Gasteiger partial charge in [0.05, 0.1) is 24.4 Å². The number of rotatable bonds is 6. The fraction of sp³-hybridized carbons (Fsp3) is 0.133. The van der Waals surface area contributed by atoms with Crippen LogP contribution in [0.5, 0.6) is 11.5 Å². The maximum atomic E-state index is 14.4. The number of anilines is 1. The molecule has 0 radical (unpaired) electrons. The molecular weight excluding hydrogens is 535 g/mol. The number of benzene rings is 3. The summed E-state index contributed by atoms with van der Waals surface area (Å²) in [5.41, 5.74) is 0.877. The minimum atomic E-state index is -1.15. The maximum absolute atomic E-state index is 14.4. The Morgan fingerprint density at radius 3 is 2.42 bits per heavy atom. The number of thiazole rings is 1. The molecule has 40 heavy (non-hydrogen) atoms. The summed E-state index contributed by atoms with van der Waals surface area (Å²) in [5.74, 6) is -2.71. The standard InChI is InChI=1S/C30H23FN2O6S/c1-16-12-13-19(15-22(16)31)25(34)23-24(18-8-7-11-21(14-18)39-20-9-5-4-6-10-20)33(28(36)26(23)35)30-32-17(2)27(40-30)29(37)38-3/h4-15,24,34H,1-3H3. The summed E-state index contributed by atoms with van der Waals surface area (Å²) >= 11 is 0.886. The highest BCUT2D eigenvalue weighted by atomic mass is 32.1. The Morgan fingerprint density at radius 1 is 1.00 bits per heavy atom. The van der Waals surface area contributed by atoms with E-state index in [4.69, 9.17) is 9.47 Å². The fourth-order valence-electron chi connectivity index (χ4n) is 4.38. The van der Waals surface area contributed by atoms with E-state index in [1.807, 2.05) is 18.2 Å². The molecule has 3 aromatic carbocycles. The van der Waals surface area contributed by atoms with Gasteiger partial charge in [-0.3, -0.25) is 14.5 Å². The highest BCUT2D eigenvalue weighted by molar-refractivity contribution is 7.17. The minimum Gasteiger partial charge on any atom is -0.507 e. The number of ether oxygens (including phenoxy) is 2. The summed E-state index contributed by atoms with van der Waals surface area (Å²) in [6.07, 6.45) is 0. The lowest BCUT2D eigenvalue weighted by atomic mass is 9.95. The Bertz CT molecular complexity index is 1680. The molecule has 0 bridgehead atoms. The largest absolute Gasteiger partial charge is 0.507 e. The number of aliphatic hydroxyl groups excluding tert-OH is 1. The Kier molecular flexibility index (Phi) is 7.19. The van der Waals surface area contributed by atoms with Crippen LogP contribution in [0.2, 0.25) is 0 Å². The Hall–Kier alpha value is -4.83. The number of para-hydroxylation sites is 1. The molecule has 1 amide bonds. The first kappa shape index (κ1) is 26.8. The monoisotopic (exact) mass is 558 g/mol. The van der Waals surface area contributed by atoms with Gasteiger partial charge < -0.3 is 14.6 Å². The number of aryl methyl sites for hydroxylation is 2. The lowest BCUT2D eigenvalue weighted by Gasteiger charge is -2.23. The predicted octanol–water partition coefficient (Wildman–Crippen LogP) is 6.10. The van der Waals surface area contributed by atoms with Crippen LogP contribution in [0.25, 0.3) is 5.76 Å². The van der Waals surface area contributed by atoms with E-state index < -0.39 is 35.3 Å². The third kappa shape index (κ3) is 4.85. The van der Waals surface area contributed by atoms with E-state index in [1.54, 1.807) is 50.2 Å². The maximum Gasteiger partial charge on any atom is 0.350 e. The van der Waals surface area contributed by atoms with E-state index in [0.29, 0.717) is 28.3 Å². The SMILES string of the molecule is COC(=O)c1sc(N2C(=O)C(=O)C(=C(O)c3ccc(C)c(F)c3)C2c2cccc(Oc3ccccc3)c2)nc1C. The molecule has 10 heteroatoms. The third-order valence-electron chi connectivity index (χ3n) is 6.40. The van der Waals surface area contributed by atoms with Gasteiger partial charge in [-0.15, -0.1) is 0 Å². The molecule has 0 spiro atoms. The van der Waals surface area contributed by atoms with Gasteiger partial charge in [-0.05, 0) is 55.3 Å². The van der Waals surface area contributed by atoms with Gasteiger partial charge in [0.1, 0.15) is 28.0 Å². The molecule has 202 valence electrons. The van der Waals surface area contributed by atoms with Gasteiger partial charge in [0.25, 0.3) is 5.78 Å². The normalized spacial score (nSPS) is 16.3. The van der Waals surface area contributed by atoms with E-state index in [0.717, 1.165) is 22.3 Å². The molecule has 1 unspecified atom stereocenters. The van der Waals surface area contributed by atoms with Crippen molar-refractivity contribution in [3.05, 3.63) is 111 Å². The van der Waals surface area contributed by atoms with Crippen LogP contribution < -0.4 is 9.64 Å². The number of hydrogen-bond acceptors (Lipinski definition) is 8. The zero-order valence-electron chi connectivity index (χ0n) is 21.7. The topological polar surface area (TPSA) is 106 Å². The molecule has 1 atom stereocenters. The Labute approximate surface area is 232 Å². The van der Waals surface area contributed by atoms with Crippen LogP contribution in [-0.4, -0.2) is 34.9 Å². The average Bonchev–Trinajstić information content (AvgIpc) is 3.46. The molecule has 1 N–H and O–H groups in total. The fourth-order valence-corrected chi connectivity index (χ4v) is 5.39. The van der Waals surface area contributed by atoms with Crippen LogP contribution >= 0.6 is 11.3 Å². The zero-order chi connectivity index (χ0) is 28.6. The van der Waals surface area contributed by atoms with E-state index >= 15 is 0 Å². The molecule has 2 heterocycles. The van der Waals surface area contributed by atoms with Crippen molar-refractivity contribution >= 4 is 39.9 Å². The van der Waals surface area contributed by atoms with E-state index in [9.17, 15) is 23.9 Å². The zero-order valence-corrected chi connectivity index (χ0v) is 22.5. The second kappa shape index (κ2) is 10.7. The van der Waals surface area contributed by atoms with Crippen molar-refractivity contribution in [3.8, 4) is 11.5 Å². The van der Waals surface area contributed by atoms with E-state index in [1.165, 1.54) is 19.2 Å². The number of carbonyl (C=O) groups excluding carboxylic acids is 3. The number of ketones is 1. The molecule has 1 fully saturated rings. The van der Waals surface area contributed by atoms with Crippen molar-refractivity contribution < 1.29 is 33.4 Å². The smallest absolute Gasteiger partial charge is 0.350 e. The van der Waals surface area contributed by atoms with Gasteiger partial charge in [-0.1, -0.05) is 53.8 Å². The lowest BCUT2D eigenvalue weighted by Crippen LogP contribution is -2.29. The molecule has 5 rings (SSSR count). The number of esters is 1. The van der Waals surface area contributed by atoms with Crippen LogP contribution in [0.4, 0.5) is 9.52 Å². The van der Waals surface area contributed by atoms with Crippen molar-refractivity contribution in [1.29, 1.82) is 0 Å². The van der Waals surface area contributed by atoms with Gasteiger partial charge in [0.2, 0.25) is 0 Å². The first-order valence-electron chi connectivity index (χ1n) is 12.2. The van der Waals surface area contributed by atoms with Gasteiger partial charge in [-0.2, -0.15) is 0 Å². The molecular formula is C30H23FN2O6S. The lowest BCUT2D eigenvalue weighted by molar-refractivity contribution is -0.132. The predicted molar refractivity (Wildman–Crippen MR) is 147 cm³/mol. The van der Waals surface area contributed by atoms with E-state index in [2.05, 4.69) is 4.98 Å². The minimum absolute atomic E-state index is 0.0355. The van der Waals surface area contributed by atoms with Crippen LogP contribution in [0.15, 0.2) is 78.4 Å². The number of Topliss-reactive ketones (excluding diaryl/α,β-unsaturated/α-hetero) is 1. The number of amides is 1. The summed E-state index contributed by atoms with van der Waals surface area (Å²) in [4.78, 5) is 44.9. The van der Waals surface area contributed by atoms with Crippen molar-refractivity contribution in [1.82, 2.24) is 4.98 Å². The van der Waals surface area contributed by atoms with Crippen LogP contribution in [0, 0.1) is 19.7 Å². The van der Waals surface area contributed by atoms with Crippen molar-refractivity contribution in [3.63, 3.8) is 0 Å². The molecule has 0 aliphatic carbocycles.